The standard InChI is InChI=1S/C21H27ClS/c1-2-3-4-5-6-7-10-18-13-15-20(16-14-18)23-21-12-9-8-11-19(21)17-22/h8-9,11-16H,2-7,10,17H2,1H3. The number of halogens is 1. The Balaban J connectivity index is 1.80. The van der Waals surface area contributed by atoms with Crippen molar-refractivity contribution in [3.8, 4) is 0 Å². The van der Waals surface area contributed by atoms with Gasteiger partial charge in [-0.3, -0.25) is 0 Å². The molecule has 0 amide bonds. The molecule has 0 N–H and O–H groups in total. The molecule has 2 heteroatoms. The lowest BCUT2D eigenvalue weighted by molar-refractivity contribution is 0.607. The van der Waals surface area contributed by atoms with Crippen LogP contribution in [-0.4, -0.2) is 0 Å². The Hall–Kier alpha value is -0.920. The van der Waals surface area contributed by atoms with Gasteiger partial charge in [-0.2, -0.15) is 0 Å². The van der Waals surface area contributed by atoms with E-state index in [1.54, 1.807) is 11.8 Å². The van der Waals surface area contributed by atoms with Gasteiger partial charge < -0.3 is 0 Å². The van der Waals surface area contributed by atoms with Gasteiger partial charge in [0.25, 0.3) is 0 Å². The molecule has 0 bridgehead atoms. The Morgan fingerprint density at radius 1 is 0.826 bits per heavy atom. The maximum atomic E-state index is 6.01. The zero-order valence-electron chi connectivity index (χ0n) is 14.1. The van der Waals surface area contributed by atoms with E-state index in [9.17, 15) is 0 Å². The molecule has 2 aromatic rings. The van der Waals surface area contributed by atoms with Crippen molar-refractivity contribution in [2.45, 2.75) is 67.5 Å². The Labute approximate surface area is 150 Å². The van der Waals surface area contributed by atoms with Gasteiger partial charge in [-0.1, -0.05) is 81.1 Å². The zero-order chi connectivity index (χ0) is 16.3. The molecule has 0 spiro atoms. The summed E-state index contributed by atoms with van der Waals surface area (Å²) in [6, 6.07) is 17.4. The molecule has 0 nitrogen and oxygen atoms in total. The molecule has 0 radical (unpaired) electrons. The molecule has 0 aliphatic rings. The summed E-state index contributed by atoms with van der Waals surface area (Å²) in [5, 5.41) is 0. The van der Waals surface area contributed by atoms with Crippen molar-refractivity contribution in [3.05, 3.63) is 59.7 Å². The highest BCUT2D eigenvalue weighted by Gasteiger charge is 2.03. The average molecular weight is 347 g/mol. The first kappa shape index (κ1) is 18.4. The SMILES string of the molecule is CCCCCCCCc1ccc(Sc2ccccc2CCl)cc1. The minimum atomic E-state index is 0.569. The van der Waals surface area contributed by atoms with Crippen molar-refractivity contribution in [1.82, 2.24) is 0 Å². The van der Waals surface area contributed by atoms with Gasteiger partial charge in [0.1, 0.15) is 0 Å². The van der Waals surface area contributed by atoms with Crippen molar-refractivity contribution in [2.24, 2.45) is 0 Å². The van der Waals surface area contributed by atoms with Crippen LogP contribution in [0, 0.1) is 0 Å². The summed E-state index contributed by atoms with van der Waals surface area (Å²) in [7, 11) is 0. The van der Waals surface area contributed by atoms with Crippen LogP contribution in [0.2, 0.25) is 0 Å². The van der Waals surface area contributed by atoms with Gasteiger partial charge in [-0.05, 0) is 42.2 Å². The molecule has 2 rings (SSSR count). The largest absolute Gasteiger partial charge is 0.122 e. The van der Waals surface area contributed by atoms with Gasteiger partial charge >= 0.3 is 0 Å². The average Bonchev–Trinajstić information content (AvgIpc) is 2.60. The predicted molar refractivity (Wildman–Crippen MR) is 104 cm³/mol. The molecule has 0 heterocycles. The normalized spacial score (nSPS) is 10.9. The van der Waals surface area contributed by atoms with Gasteiger partial charge in [-0.15, -0.1) is 11.6 Å². The highest BCUT2D eigenvalue weighted by Crippen LogP contribution is 2.31. The Morgan fingerprint density at radius 2 is 1.52 bits per heavy atom. The fourth-order valence-electron chi connectivity index (χ4n) is 2.67. The van der Waals surface area contributed by atoms with Gasteiger partial charge in [-0.25, -0.2) is 0 Å². The summed E-state index contributed by atoms with van der Waals surface area (Å²) in [6.45, 7) is 2.27. The van der Waals surface area contributed by atoms with E-state index in [2.05, 4.69) is 49.4 Å². The number of hydrogen-bond donors (Lipinski definition) is 0. The third-order valence-corrected chi connectivity index (χ3v) is 5.50. The van der Waals surface area contributed by atoms with Crippen LogP contribution in [0.25, 0.3) is 0 Å². The Bertz CT molecular complexity index is 562. The highest BCUT2D eigenvalue weighted by atomic mass is 35.5. The molecule has 0 saturated heterocycles. The molecule has 0 aromatic heterocycles. The number of alkyl halides is 1. The molecule has 2 aromatic carbocycles. The van der Waals surface area contributed by atoms with Gasteiger partial charge in [0.2, 0.25) is 0 Å². The fourth-order valence-corrected chi connectivity index (χ4v) is 3.93. The molecule has 23 heavy (non-hydrogen) atoms. The number of benzene rings is 2. The van der Waals surface area contributed by atoms with Crippen molar-refractivity contribution in [2.75, 3.05) is 0 Å². The van der Waals surface area contributed by atoms with Crippen LogP contribution in [0.15, 0.2) is 58.3 Å². The van der Waals surface area contributed by atoms with Crippen molar-refractivity contribution < 1.29 is 0 Å². The molecule has 124 valence electrons. The van der Waals surface area contributed by atoms with Crippen molar-refractivity contribution in [1.29, 1.82) is 0 Å². The molecular weight excluding hydrogens is 320 g/mol. The van der Waals surface area contributed by atoms with Crippen molar-refractivity contribution >= 4 is 23.4 Å². The fraction of sp³-hybridized carbons (Fsp3) is 0.429. The first-order valence-corrected chi connectivity index (χ1v) is 10.1. The van der Waals surface area contributed by atoms with E-state index in [-0.39, 0.29) is 0 Å². The van der Waals surface area contributed by atoms with E-state index >= 15 is 0 Å². The monoisotopic (exact) mass is 346 g/mol. The van der Waals surface area contributed by atoms with Gasteiger partial charge in [0.05, 0.1) is 0 Å². The third kappa shape index (κ3) is 6.61. The van der Waals surface area contributed by atoms with Gasteiger partial charge in [0.15, 0.2) is 0 Å². The van der Waals surface area contributed by atoms with Gasteiger partial charge in [0, 0.05) is 15.7 Å². The second-order valence-electron chi connectivity index (χ2n) is 6.01. The summed E-state index contributed by atoms with van der Waals surface area (Å²) in [5.41, 5.74) is 2.66. The molecule has 0 unspecified atom stereocenters. The first-order chi connectivity index (χ1) is 11.3. The van der Waals surface area contributed by atoms with E-state index in [4.69, 9.17) is 11.6 Å². The Morgan fingerprint density at radius 3 is 2.26 bits per heavy atom. The van der Waals surface area contributed by atoms with E-state index < -0.39 is 0 Å². The summed E-state index contributed by atoms with van der Waals surface area (Å²) < 4.78 is 0. The summed E-state index contributed by atoms with van der Waals surface area (Å²) in [6.07, 6.45) is 9.37. The van der Waals surface area contributed by atoms with E-state index in [1.165, 1.54) is 65.9 Å². The van der Waals surface area contributed by atoms with Crippen LogP contribution in [0.1, 0.15) is 56.6 Å². The van der Waals surface area contributed by atoms with Crippen molar-refractivity contribution in [3.63, 3.8) is 0 Å². The second-order valence-corrected chi connectivity index (χ2v) is 7.39. The van der Waals surface area contributed by atoms with E-state index in [0.717, 1.165) is 0 Å². The summed E-state index contributed by atoms with van der Waals surface area (Å²) >= 11 is 7.81. The lowest BCUT2D eigenvalue weighted by atomic mass is 10.1. The summed E-state index contributed by atoms with van der Waals surface area (Å²) in [4.78, 5) is 2.54. The third-order valence-electron chi connectivity index (χ3n) is 4.09. The number of unbranched alkanes of at least 4 members (excludes halogenated alkanes) is 5. The smallest absolute Gasteiger partial charge is 0.0485 e. The molecule has 0 fully saturated rings. The lowest BCUT2D eigenvalue weighted by Gasteiger charge is -2.07. The van der Waals surface area contributed by atoms with Crippen LogP contribution in [-0.2, 0) is 12.3 Å². The predicted octanol–water partition coefficient (Wildman–Crippen LogP) is 7.48. The first-order valence-electron chi connectivity index (χ1n) is 8.74. The van der Waals surface area contributed by atoms with Crippen LogP contribution in [0.4, 0.5) is 0 Å². The maximum absolute atomic E-state index is 6.01. The lowest BCUT2D eigenvalue weighted by Crippen LogP contribution is -1.87. The van der Waals surface area contributed by atoms with Crippen LogP contribution in [0.5, 0.6) is 0 Å². The number of hydrogen-bond acceptors (Lipinski definition) is 1. The quantitative estimate of drug-likeness (QED) is 0.317. The van der Waals surface area contributed by atoms with E-state index in [0.29, 0.717) is 5.88 Å². The van der Waals surface area contributed by atoms with Crippen LogP contribution in [0.3, 0.4) is 0 Å². The minimum Gasteiger partial charge on any atom is -0.122 e. The zero-order valence-corrected chi connectivity index (χ0v) is 15.6. The van der Waals surface area contributed by atoms with E-state index in [1.807, 2.05) is 6.07 Å². The maximum Gasteiger partial charge on any atom is 0.0485 e. The molecule has 0 saturated carbocycles. The molecule has 0 aliphatic heterocycles. The van der Waals surface area contributed by atoms with Crippen LogP contribution < -0.4 is 0 Å². The topological polar surface area (TPSA) is 0 Å². The molecule has 0 atom stereocenters. The second kappa shape index (κ2) is 10.8. The Kier molecular flexibility index (Phi) is 8.63. The number of aryl methyl sites for hydroxylation is 1. The molecular formula is C21H27ClS. The highest BCUT2D eigenvalue weighted by molar-refractivity contribution is 7.99. The molecule has 0 aliphatic carbocycles. The summed E-state index contributed by atoms with van der Waals surface area (Å²) in [5.74, 6) is 0.569. The minimum absolute atomic E-state index is 0.569. The van der Waals surface area contributed by atoms with Crippen LogP contribution >= 0.6 is 23.4 Å². The number of rotatable bonds is 10.